The predicted molar refractivity (Wildman–Crippen MR) is 51.0 cm³/mol. The number of ether oxygens (including phenoxy) is 2. The van der Waals surface area contributed by atoms with Crippen LogP contribution in [0.4, 0.5) is 0 Å². The minimum atomic E-state index is -0.258. The molecule has 5 nitrogen and oxygen atoms in total. The number of hydrogen-bond acceptors (Lipinski definition) is 4. The van der Waals surface area contributed by atoms with E-state index in [9.17, 15) is 9.59 Å². The van der Waals surface area contributed by atoms with Crippen LogP contribution < -0.4 is 0 Å². The average molecular weight is 211 g/mol. The Morgan fingerprint density at radius 3 is 2.80 bits per heavy atom. The number of rotatable bonds is 2. The van der Waals surface area contributed by atoms with Gasteiger partial charge in [-0.3, -0.25) is 14.5 Å². The van der Waals surface area contributed by atoms with Crippen LogP contribution >= 0.6 is 0 Å². The van der Waals surface area contributed by atoms with E-state index in [0.29, 0.717) is 25.4 Å². The van der Waals surface area contributed by atoms with E-state index in [1.807, 2.05) is 0 Å². The van der Waals surface area contributed by atoms with Crippen LogP contribution in [0.1, 0.15) is 6.92 Å². The molecule has 1 saturated heterocycles. The number of nitrogens with zero attached hydrogens (tertiary/aromatic N) is 1. The van der Waals surface area contributed by atoms with Crippen LogP contribution in [0.2, 0.25) is 0 Å². The number of imide groups is 1. The van der Waals surface area contributed by atoms with Crippen LogP contribution in [-0.2, 0) is 19.1 Å². The molecular weight excluding hydrogens is 198 g/mol. The Balaban J connectivity index is 1.95. The van der Waals surface area contributed by atoms with Crippen molar-refractivity contribution in [2.45, 2.75) is 13.0 Å². The highest BCUT2D eigenvalue weighted by Crippen LogP contribution is 2.14. The van der Waals surface area contributed by atoms with Gasteiger partial charge in [0.1, 0.15) is 0 Å². The van der Waals surface area contributed by atoms with Crippen LogP contribution in [-0.4, -0.2) is 49.2 Å². The van der Waals surface area contributed by atoms with Gasteiger partial charge < -0.3 is 9.47 Å². The second kappa shape index (κ2) is 4.12. The lowest BCUT2D eigenvalue weighted by Crippen LogP contribution is -2.42. The van der Waals surface area contributed by atoms with Crippen LogP contribution in [0.5, 0.6) is 0 Å². The summed E-state index contributed by atoms with van der Waals surface area (Å²) in [6, 6.07) is 0. The average Bonchev–Trinajstić information content (AvgIpc) is 2.47. The van der Waals surface area contributed by atoms with Crippen LogP contribution in [0.3, 0.4) is 0 Å². The Kier molecular flexibility index (Phi) is 2.83. The molecule has 2 amide bonds. The monoisotopic (exact) mass is 211 g/mol. The van der Waals surface area contributed by atoms with Crippen LogP contribution in [0, 0.1) is 0 Å². The molecule has 0 saturated carbocycles. The zero-order valence-corrected chi connectivity index (χ0v) is 8.56. The molecule has 1 atom stereocenters. The van der Waals surface area contributed by atoms with E-state index in [4.69, 9.17) is 9.47 Å². The number of carbonyl (C=O) groups excluding carboxylic acids is 2. The van der Waals surface area contributed by atoms with Crippen molar-refractivity contribution >= 4 is 11.8 Å². The fourth-order valence-corrected chi connectivity index (χ4v) is 1.66. The van der Waals surface area contributed by atoms with Gasteiger partial charge in [-0.2, -0.15) is 0 Å². The molecule has 0 N–H and O–H groups in total. The zero-order chi connectivity index (χ0) is 10.8. The third-order valence-corrected chi connectivity index (χ3v) is 2.46. The summed E-state index contributed by atoms with van der Waals surface area (Å²) in [5, 5.41) is 0. The van der Waals surface area contributed by atoms with E-state index in [1.54, 1.807) is 6.92 Å². The first-order valence-corrected chi connectivity index (χ1v) is 4.92. The summed E-state index contributed by atoms with van der Waals surface area (Å²) < 4.78 is 10.6. The minimum absolute atomic E-state index is 0.189. The molecule has 2 rings (SSSR count). The van der Waals surface area contributed by atoms with Gasteiger partial charge in [-0.15, -0.1) is 0 Å². The predicted octanol–water partition coefficient (Wildman–Crippen LogP) is -0.283. The Morgan fingerprint density at radius 2 is 2.27 bits per heavy atom. The molecule has 1 fully saturated rings. The summed E-state index contributed by atoms with van der Waals surface area (Å²) in [6.45, 7) is 3.46. The molecule has 5 heteroatoms. The number of hydrogen-bond donors (Lipinski definition) is 0. The summed E-state index contributed by atoms with van der Waals surface area (Å²) in [5.74, 6) is -0.485. The van der Waals surface area contributed by atoms with Crippen molar-refractivity contribution in [1.82, 2.24) is 4.90 Å². The van der Waals surface area contributed by atoms with Crippen molar-refractivity contribution in [2.75, 3.05) is 26.4 Å². The standard InChI is InChI=1S/C10H13NO4/c1-7-4-9(12)11(10(7)13)5-8-6-14-2-3-15-8/h4,8H,2-3,5-6H2,1H3. The largest absolute Gasteiger partial charge is 0.376 e. The van der Waals surface area contributed by atoms with E-state index in [2.05, 4.69) is 0 Å². The number of carbonyl (C=O) groups is 2. The lowest BCUT2D eigenvalue weighted by atomic mass is 10.3. The Labute approximate surface area is 87.6 Å². The second-order valence-corrected chi connectivity index (χ2v) is 3.65. The van der Waals surface area contributed by atoms with Crippen molar-refractivity contribution < 1.29 is 19.1 Å². The molecule has 0 bridgehead atoms. The van der Waals surface area contributed by atoms with Crippen molar-refractivity contribution in [3.05, 3.63) is 11.6 Å². The highest BCUT2D eigenvalue weighted by molar-refractivity contribution is 6.15. The summed E-state index contributed by atoms with van der Waals surface area (Å²) >= 11 is 0. The van der Waals surface area contributed by atoms with Gasteiger partial charge in [0.2, 0.25) is 0 Å². The quantitative estimate of drug-likeness (QED) is 0.589. The zero-order valence-electron chi connectivity index (χ0n) is 8.56. The maximum atomic E-state index is 11.5. The second-order valence-electron chi connectivity index (χ2n) is 3.65. The normalized spacial score (nSPS) is 27.1. The van der Waals surface area contributed by atoms with Crippen molar-refractivity contribution in [2.24, 2.45) is 0 Å². The maximum Gasteiger partial charge on any atom is 0.256 e. The van der Waals surface area contributed by atoms with Crippen molar-refractivity contribution in [1.29, 1.82) is 0 Å². The summed E-state index contributed by atoms with van der Waals surface area (Å²) in [6.07, 6.45) is 1.16. The van der Waals surface area contributed by atoms with Crippen LogP contribution in [0.25, 0.3) is 0 Å². The molecule has 0 aromatic carbocycles. The molecule has 2 aliphatic rings. The molecule has 0 aromatic rings. The fourth-order valence-electron chi connectivity index (χ4n) is 1.66. The van der Waals surface area contributed by atoms with E-state index < -0.39 is 0 Å². The summed E-state index contributed by atoms with van der Waals surface area (Å²) in [7, 11) is 0. The van der Waals surface area contributed by atoms with Crippen LogP contribution in [0.15, 0.2) is 11.6 Å². The number of amides is 2. The molecule has 0 radical (unpaired) electrons. The maximum absolute atomic E-state index is 11.5. The topological polar surface area (TPSA) is 55.8 Å². The Morgan fingerprint density at radius 1 is 1.47 bits per heavy atom. The molecule has 2 aliphatic heterocycles. The first kappa shape index (κ1) is 10.3. The highest BCUT2D eigenvalue weighted by atomic mass is 16.6. The summed E-state index contributed by atoms with van der Waals surface area (Å²) in [5.41, 5.74) is 0.483. The van der Waals surface area contributed by atoms with E-state index in [1.165, 1.54) is 11.0 Å². The van der Waals surface area contributed by atoms with E-state index >= 15 is 0 Å². The highest BCUT2D eigenvalue weighted by Gasteiger charge is 2.31. The molecule has 2 heterocycles. The van der Waals surface area contributed by atoms with Gasteiger partial charge in [0.05, 0.1) is 32.5 Å². The van der Waals surface area contributed by atoms with Gasteiger partial charge in [-0.25, -0.2) is 0 Å². The molecule has 0 spiro atoms. The molecular formula is C10H13NO4. The Bertz CT molecular complexity index is 317. The van der Waals surface area contributed by atoms with E-state index in [-0.39, 0.29) is 24.5 Å². The first-order chi connectivity index (χ1) is 7.18. The van der Waals surface area contributed by atoms with E-state index in [0.717, 1.165) is 0 Å². The molecule has 82 valence electrons. The van der Waals surface area contributed by atoms with Gasteiger partial charge in [-0.1, -0.05) is 0 Å². The molecule has 0 aromatic heterocycles. The molecule has 1 unspecified atom stereocenters. The fraction of sp³-hybridized carbons (Fsp3) is 0.600. The third-order valence-electron chi connectivity index (χ3n) is 2.46. The van der Waals surface area contributed by atoms with Gasteiger partial charge in [0, 0.05) is 11.6 Å². The van der Waals surface area contributed by atoms with Gasteiger partial charge in [-0.05, 0) is 6.92 Å². The third kappa shape index (κ3) is 2.08. The van der Waals surface area contributed by atoms with Gasteiger partial charge in [0.15, 0.2) is 0 Å². The first-order valence-electron chi connectivity index (χ1n) is 4.92. The lowest BCUT2D eigenvalue weighted by molar-refractivity contribution is -0.144. The smallest absolute Gasteiger partial charge is 0.256 e. The molecule has 0 aliphatic carbocycles. The van der Waals surface area contributed by atoms with Gasteiger partial charge in [0.25, 0.3) is 11.8 Å². The van der Waals surface area contributed by atoms with Crippen molar-refractivity contribution in [3.8, 4) is 0 Å². The van der Waals surface area contributed by atoms with Crippen molar-refractivity contribution in [3.63, 3.8) is 0 Å². The van der Waals surface area contributed by atoms with Gasteiger partial charge >= 0.3 is 0 Å². The molecule has 15 heavy (non-hydrogen) atoms. The SMILES string of the molecule is CC1=CC(=O)N(CC2COCCO2)C1=O. The summed E-state index contributed by atoms with van der Waals surface area (Å²) in [4.78, 5) is 24.1. The lowest BCUT2D eigenvalue weighted by Gasteiger charge is -2.26. The Hall–Kier alpha value is -1.20. The minimum Gasteiger partial charge on any atom is -0.376 e.